The molecule has 0 unspecified atom stereocenters. The van der Waals surface area contributed by atoms with Gasteiger partial charge < -0.3 is 10.1 Å². The fourth-order valence-electron chi connectivity index (χ4n) is 3.64. The average molecular weight is 337 g/mol. The number of carbonyl (C=O) groups excluding carboxylic acids is 1. The summed E-state index contributed by atoms with van der Waals surface area (Å²) in [6, 6.07) is 10.4. The minimum absolute atomic E-state index is 0.00615. The Labute approximate surface area is 147 Å². The molecule has 0 bridgehead atoms. The molecule has 0 spiro atoms. The molecule has 2 heterocycles. The van der Waals surface area contributed by atoms with Crippen LogP contribution >= 0.6 is 0 Å². The zero-order chi connectivity index (χ0) is 17.1. The highest BCUT2D eigenvalue weighted by Crippen LogP contribution is 2.30. The molecule has 130 valence electrons. The molecule has 2 aromatic rings. The van der Waals surface area contributed by atoms with Gasteiger partial charge in [-0.1, -0.05) is 30.3 Å². The maximum absolute atomic E-state index is 12.5. The molecule has 0 fully saturated rings. The maximum atomic E-state index is 12.5. The summed E-state index contributed by atoms with van der Waals surface area (Å²) in [4.78, 5) is 12.5. The summed E-state index contributed by atoms with van der Waals surface area (Å²) in [5.74, 6) is -0.00615. The number of carbonyl (C=O) groups is 1. The fraction of sp³-hybridized carbons (Fsp3) is 0.400. The van der Waals surface area contributed by atoms with Crippen molar-refractivity contribution in [1.82, 2.24) is 15.1 Å². The summed E-state index contributed by atoms with van der Waals surface area (Å²) in [5.41, 5.74) is 4.39. The third-order valence-corrected chi connectivity index (χ3v) is 4.97. The number of nitrogens with one attached hydrogen (secondary N) is 1. The lowest BCUT2D eigenvalue weighted by Crippen LogP contribution is -2.32. The highest BCUT2D eigenvalue weighted by molar-refractivity contribution is 5.93. The Morgan fingerprint density at radius 1 is 1.24 bits per heavy atom. The van der Waals surface area contributed by atoms with E-state index in [-0.39, 0.29) is 11.9 Å². The van der Waals surface area contributed by atoms with E-state index in [1.165, 1.54) is 11.3 Å². The Bertz CT molecular complexity index is 779. The molecule has 1 aliphatic carbocycles. The molecule has 1 amide bonds. The largest absolute Gasteiger partial charge is 0.501 e. The molecule has 4 rings (SSSR count). The fourth-order valence-corrected chi connectivity index (χ4v) is 3.64. The van der Waals surface area contributed by atoms with Gasteiger partial charge in [0.2, 0.25) is 0 Å². The van der Waals surface area contributed by atoms with Gasteiger partial charge in [0, 0.05) is 11.3 Å². The van der Waals surface area contributed by atoms with Crippen LogP contribution in [0.3, 0.4) is 0 Å². The second kappa shape index (κ2) is 7.13. The van der Waals surface area contributed by atoms with Crippen LogP contribution in [-0.4, -0.2) is 22.3 Å². The Morgan fingerprint density at radius 3 is 2.92 bits per heavy atom. The third-order valence-electron chi connectivity index (χ3n) is 4.97. The molecule has 1 aliphatic heterocycles. The Hall–Kier alpha value is -2.56. The zero-order valence-electron chi connectivity index (χ0n) is 14.3. The van der Waals surface area contributed by atoms with Crippen molar-refractivity contribution in [2.75, 3.05) is 6.61 Å². The number of fused-ring (bicyclic) bond motifs is 1. The van der Waals surface area contributed by atoms with E-state index in [1.54, 1.807) is 6.26 Å². The Morgan fingerprint density at radius 2 is 2.12 bits per heavy atom. The van der Waals surface area contributed by atoms with Gasteiger partial charge in [0.05, 0.1) is 37.2 Å². The highest BCUT2D eigenvalue weighted by Gasteiger charge is 2.26. The minimum atomic E-state index is -0.00615. The van der Waals surface area contributed by atoms with Crippen molar-refractivity contribution in [1.29, 1.82) is 0 Å². The van der Waals surface area contributed by atoms with Gasteiger partial charge in [-0.25, -0.2) is 0 Å². The molecular weight excluding hydrogens is 314 g/mol. The van der Waals surface area contributed by atoms with Crippen LogP contribution in [0.5, 0.6) is 0 Å². The molecule has 25 heavy (non-hydrogen) atoms. The number of ether oxygens (including phenoxy) is 1. The van der Waals surface area contributed by atoms with Crippen molar-refractivity contribution in [3.05, 3.63) is 65.2 Å². The molecule has 1 N–H and O–H groups in total. The number of nitrogens with zero attached hydrogens (tertiary/aromatic N) is 2. The van der Waals surface area contributed by atoms with Gasteiger partial charge in [-0.05, 0) is 37.7 Å². The van der Waals surface area contributed by atoms with E-state index >= 15 is 0 Å². The van der Waals surface area contributed by atoms with E-state index in [2.05, 4.69) is 27.2 Å². The van der Waals surface area contributed by atoms with Gasteiger partial charge in [0.25, 0.3) is 5.91 Å². The summed E-state index contributed by atoms with van der Waals surface area (Å²) in [6.07, 6.45) is 8.27. The van der Waals surface area contributed by atoms with Gasteiger partial charge in [-0.2, -0.15) is 5.10 Å². The summed E-state index contributed by atoms with van der Waals surface area (Å²) >= 11 is 0. The summed E-state index contributed by atoms with van der Waals surface area (Å²) < 4.78 is 7.37. The smallest absolute Gasteiger partial charge is 0.250 e. The lowest BCUT2D eigenvalue weighted by molar-refractivity contribution is -0.118. The molecule has 5 nitrogen and oxygen atoms in total. The van der Waals surface area contributed by atoms with Crippen LogP contribution < -0.4 is 5.32 Å². The maximum Gasteiger partial charge on any atom is 0.250 e. The van der Waals surface area contributed by atoms with Crippen molar-refractivity contribution < 1.29 is 9.53 Å². The van der Waals surface area contributed by atoms with E-state index in [0.29, 0.717) is 6.61 Å². The van der Waals surface area contributed by atoms with Gasteiger partial charge in [0.15, 0.2) is 0 Å². The number of hydrogen-bond acceptors (Lipinski definition) is 3. The van der Waals surface area contributed by atoms with Crippen LogP contribution in [0.25, 0.3) is 0 Å². The molecule has 0 saturated heterocycles. The first kappa shape index (κ1) is 15.9. The lowest BCUT2D eigenvalue weighted by Gasteiger charge is -2.25. The van der Waals surface area contributed by atoms with Crippen LogP contribution in [0.15, 0.2) is 48.4 Å². The first-order valence-corrected chi connectivity index (χ1v) is 9.01. The average Bonchev–Trinajstić information content (AvgIpc) is 3.07. The summed E-state index contributed by atoms with van der Waals surface area (Å²) in [5, 5.41) is 7.77. The summed E-state index contributed by atoms with van der Waals surface area (Å²) in [7, 11) is 0. The molecule has 1 aromatic heterocycles. The van der Waals surface area contributed by atoms with Crippen LogP contribution in [0.4, 0.5) is 0 Å². The van der Waals surface area contributed by atoms with Crippen LogP contribution in [0, 0.1) is 0 Å². The SMILES string of the molecule is O=C(N[C@@H]1CCCc2c1cnn2Cc1ccccc1)C1=COCCC1. The van der Waals surface area contributed by atoms with Crippen molar-refractivity contribution in [2.45, 2.75) is 44.7 Å². The topological polar surface area (TPSA) is 56.2 Å². The number of amides is 1. The lowest BCUT2D eigenvalue weighted by atomic mass is 9.92. The third kappa shape index (κ3) is 3.45. The standard InChI is InChI=1S/C20H23N3O2/c24-20(16-8-5-11-25-14-16)22-18-9-4-10-19-17(18)12-21-23(19)13-15-6-2-1-3-7-15/h1-3,6-7,12,14,18H,4-5,8-11,13H2,(H,22,24)/t18-/m1/s1. The van der Waals surface area contributed by atoms with Crippen LogP contribution in [-0.2, 0) is 22.5 Å². The second-order valence-electron chi connectivity index (χ2n) is 6.73. The van der Waals surface area contributed by atoms with Crippen molar-refractivity contribution in [3.8, 4) is 0 Å². The monoisotopic (exact) mass is 337 g/mol. The predicted molar refractivity (Wildman–Crippen MR) is 94.9 cm³/mol. The van der Waals surface area contributed by atoms with Crippen molar-refractivity contribution >= 4 is 5.91 Å². The van der Waals surface area contributed by atoms with E-state index in [9.17, 15) is 4.79 Å². The van der Waals surface area contributed by atoms with Gasteiger partial charge in [-0.3, -0.25) is 9.48 Å². The quantitative estimate of drug-likeness (QED) is 0.932. The Kier molecular flexibility index (Phi) is 4.55. The van der Waals surface area contributed by atoms with Crippen LogP contribution in [0.2, 0.25) is 0 Å². The van der Waals surface area contributed by atoms with E-state index in [1.807, 2.05) is 24.4 Å². The van der Waals surface area contributed by atoms with E-state index < -0.39 is 0 Å². The first-order chi connectivity index (χ1) is 12.3. The molecule has 0 radical (unpaired) electrons. The molecular formula is C20H23N3O2. The number of aromatic nitrogens is 2. The molecule has 2 aliphatic rings. The van der Waals surface area contributed by atoms with Gasteiger partial charge in [-0.15, -0.1) is 0 Å². The minimum Gasteiger partial charge on any atom is -0.501 e. The van der Waals surface area contributed by atoms with E-state index in [4.69, 9.17) is 4.74 Å². The molecule has 1 aromatic carbocycles. The summed E-state index contributed by atoms with van der Waals surface area (Å²) in [6.45, 7) is 1.48. The predicted octanol–water partition coefficient (Wildman–Crippen LogP) is 3.12. The molecule has 1 atom stereocenters. The van der Waals surface area contributed by atoms with Gasteiger partial charge >= 0.3 is 0 Å². The van der Waals surface area contributed by atoms with Crippen LogP contribution in [0.1, 0.15) is 48.5 Å². The van der Waals surface area contributed by atoms with E-state index in [0.717, 1.165) is 49.8 Å². The number of benzene rings is 1. The first-order valence-electron chi connectivity index (χ1n) is 9.01. The number of rotatable bonds is 4. The van der Waals surface area contributed by atoms with Gasteiger partial charge in [0.1, 0.15) is 0 Å². The zero-order valence-corrected chi connectivity index (χ0v) is 14.3. The molecule has 0 saturated carbocycles. The second-order valence-corrected chi connectivity index (χ2v) is 6.73. The van der Waals surface area contributed by atoms with Crippen molar-refractivity contribution in [3.63, 3.8) is 0 Å². The normalized spacial score (nSPS) is 19.5. The molecule has 5 heteroatoms. The van der Waals surface area contributed by atoms with Crippen molar-refractivity contribution in [2.24, 2.45) is 0 Å². The highest BCUT2D eigenvalue weighted by atomic mass is 16.5. The Balaban J connectivity index is 1.50. The number of hydrogen-bond donors (Lipinski definition) is 1.